The highest BCUT2D eigenvalue weighted by molar-refractivity contribution is 6.07. The van der Waals surface area contributed by atoms with Crippen LogP contribution in [0.5, 0.6) is 11.5 Å². The predicted molar refractivity (Wildman–Crippen MR) is 98.0 cm³/mol. The molecule has 4 N–H and O–H groups in total. The zero-order valence-corrected chi connectivity index (χ0v) is 14.0. The van der Waals surface area contributed by atoms with Crippen LogP contribution in [0.2, 0.25) is 0 Å². The van der Waals surface area contributed by atoms with E-state index in [1.165, 1.54) is 13.2 Å². The zero-order chi connectivity index (χ0) is 18.7. The molecule has 5 nitrogen and oxygen atoms in total. The molecule has 0 saturated heterocycles. The summed E-state index contributed by atoms with van der Waals surface area (Å²) in [5.74, 6) is -0.431. The van der Waals surface area contributed by atoms with Gasteiger partial charge in [-0.3, -0.25) is 0 Å². The van der Waals surface area contributed by atoms with Crippen LogP contribution in [0.4, 0.5) is 4.39 Å². The molecule has 0 fully saturated rings. The number of phenolic OH excluding ortho intramolecular Hbond substituents is 1. The van der Waals surface area contributed by atoms with Crippen LogP contribution in [0.15, 0.2) is 65.8 Å². The molecule has 132 valence electrons. The highest BCUT2D eigenvalue weighted by Crippen LogP contribution is 2.41. The Kier molecular flexibility index (Phi) is 4.75. The number of amidine groups is 1. The Hall–Kier alpha value is -3.54. The molecule has 0 amide bonds. The van der Waals surface area contributed by atoms with Crippen LogP contribution in [0.3, 0.4) is 0 Å². The van der Waals surface area contributed by atoms with Crippen molar-refractivity contribution in [3.63, 3.8) is 0 Å². The number of oxime groups is 1. The second-order valence-electron chi connectivity index (χ2n) is 5.58. The third-order valence-electron chi connectivity index (χ3n) is 4.07. The summed E-state index contributed by atoms with van der Waals surface area (Å²) in [6.07, 6.45) is 0. The summed E-state index contributed by atoms with van der Waals surface area (Å²) < 4.78 is 19.5. The van der Waals surface area contributed by atoms with E-state index in [4.69, 9.17) is 15.7 Å². The first-order chi connectivity index (χ1) is 12.6. The zero-order valence-electron chi connectivity index (χ0n) is 14.0. The predicted octanol–water partition coefficient (Wildman–Crippen LogP) is 3.97. The second kappa shape index (κ2) is 7.14. The molecule has 0 heterocycles. The first-order valence-corrected chi connectivity index (χ1v) is 7.80. The molecule has 26 heavy (non-hydrogen) atoms. The molecular weight excluding hydrogens is 335 g/mol. The first-order valence-electron chi connectivity index (χ1n) is 7.80. The average molecular weight is 352 g/mol. The number of nitrogens with zero attached hydrogens (tertiary/aromatic N) is 1. The van der Waals surface area contributed by atoms with Crippen LogP contribution in [0, 0.1) is 5.82 Å². The van der Waals surface area contributed by atoms with Gasteiger partial charge in [0.1, 0.15) is 5.75 Å². The van der Waals surface area contributed by atoms with Gasteiger partial charge in [0.25, 0.3) is 0 Å². The molecule has 0 aromatic heterocycles. The number of rotatable bonds is 4. The van der Waals surface area contributed by atoms with Crippen molar-refractivity contribution >= 4 is 5.84 Å². The van der Waals surface area contributed by atoms with Crippen LogP contribution in [0.1, 0.15) is 5.56 Å². The topological polar surface area (TPSA) is 88.1 Å². The van der Waals surface area contributed by atoms with E-state index in [0.29, 0.717) is 16.7 Å². The maximum Gasteiger partial charge on any atom is 0.170 e. The lowest BCUT2D eigenvalue weighted by Gasteiger charge is -2.17. The SMILES string of the molecule is COc1c(F)cccc1-c1c(/C(N)=N/O)cccc1-c1ccc(O)cc1. The van der Waals surface area contributed by atoms with Crippen LogP contribution in [-0.4, -0.2) is 23.3 Å². The van der Waals surface area contributed by atoms with E-state index in [1.54, 1.807) is 48.5 Å². The molecular formula is C20H17FN2O3. The maximum absolute atomic E-state index is 14.3. The Morgan fingerprint density at radius 3 is 2.31 bits per heavy atom. The van der Waals surface area contributed by atoms with Crippen molar-refractivity contribution in [3.8, 4) is 33.8 Å². The van der Waals surface area contributed by atoms with Gasteiger partial charge in [0.15, 0.2) is 17.4 Å². The van der Waals surface area contributed by atoms with Crippen molar-refractivity contribution < 1.29 is 19.4 Å². The quantitative estimate of drug-likeness (QED) is 0.287. The van der Waals surface area contributed by atoms with Crippen molar-refractivity contribution in [2.75, 3.05) is 7.11 Å². The van der Waals surface area contributed by atoms with Crippen LogP contribution < -0.4 is 10.5 Å². The Labute approximate surface area is 149 Å². The normalized spacial score (nSPS) is 11.4. The third kappa shape index (κ3) is 3.04. The minimum Gasteiger partial charge on any atom is -0.508 e. The van der Waals surface area contributed by atoms with Gasteiger partial charge in [0.2, 0.25) is 0 Å². The van der Waals surface area contributed by atoms with Gasteiger partial charge in [0.05, 0.1) is 7.11 Å². The molecule has 0 unspecified atom stereocenters. The number of ether oxygens (including phenoxy) is 1. The lowest BCUT2D eigenvalue weighted by atomic mass is 9.89. The fourth-order valence-electron chi connectivity index (χ4n) is 2.90. The van der Waals surface area contributed by atoms with Crippen molar-refractivity contribution in [2.45, 2.75) is 0 Å². The number of hydrogen-bond acceptors (Lipinski definition) is 4. The van der Waals surface area contributed by atoms with Gasteiger partial charge in [0, 0.05) is 16.7 Å². The Morgan fingerprint density at radius 2 is 1.65 bits per heavy atom. The Balaban J connectivity index is 2.38. The summed E-state index contributed by atoms with van der Waals surface area (Å²) in [6, 6.07) is 16.4. The number of halogens is 1. The van der Waals surface area contributed by atoms with Gasteiger partial charge in [-0.05, 0) is 29.3 Å². The van der Waals surface area contributed by atoms with E-state index in [9.17, 15) is 9.50 Å². The van der Waals surface area contributed by atoms with Gasteiger partial charge in [-0.1, -0.05) is 47.6 Å². The molecule has 0 atom stereocenters. The van der Waals surface area contributed by atoms with E-state index >= 15 is 0 Å². The molecule has 3 aromatic carbocycles. The van der Waals surface area contributed by atoms with Crippen molar-refractivity contribution in [1.29, 1.82) is 0 Å². The average Bonchev–Trinajstić information content (AvgIpc) is 2.67. The van der Waals surface area contributed by atoms with E-state index in [0.717, 1.165) is 11.1 Å². The van der Waals surface area contributed by atoms with Gasteiger partial charge in [-0.25, -0.2) is 4.39 Å². The summed E-state index contributed by atoms with van der Waals surface area (Å²) in [4.78, 5) is 0. The molecule has 0 aliphatic carbocycles. The number of aromatic hydroxyl groups is 1. The molecule has 6 heteroatoms. The van der Waals surface area contributed by atoms with Crippen molar-refractivity contribution in [3.05, 3.63) is 72.0 Å². The Bertz CT molecular complexity index is 969. The Morgan fingerprint density at radius 1 is 1.00 bits per heavy atom. The fraction of sp³-hybridized carbons (Fsp3) is 0.0500. The molecule has 0 bridgehead atoms. The molecule has 0 radical (unpaired) electrons. The lowest BCUT2D eigenvalue weighted by molar-refractivity contribution is 0.318. The molecule has 0 spiro atoms. The fourth-order valence-corrected chi connectivity index (χ4v) is 2.90. The monoisotopic (exact) mass is 352 g/mol. The summed E-state index contributed by atoms with van der Waals surface area (Å²) >= 11 is 0. The number of benzene rings is 3. The lowest BCUT2D eigenvalue weighted by Crippen LogP contribution is -2.15. The number of hydrogen-bond donors (Lipinski definition) is 3. The van der Waals surface area contributed by atoms with Crippen molar-refractivity contribution in [1.82, 2.24) is 0 Å². The largest absolute Gasteiger partial charge is 0.508 e. The standard InChI is InChI=1S/C20H17FN2O3/c1-26-19-15(5-3-7-17(19)21)18-14(12-8-10-13(24)11-9-12)4-2-6-16(18)20(22)23-25/h2-11,24-25H,1H3,(H2,22,23). The van der Waals surface area contributed by atoms with Gasteiger partial charge >= 0.3 is 0 Å². The molecule has 3 aromatic rings. The van der Waals surface area contributed by atoms with E-state index in [-0.39, 0.29) is 17.3 Å². The maximum atomic E-state index is 14.3. The number of phenols is 1. The summed E-state index contributed by atoms with van der Waals surface area (Å²) in [5.41, 5.74) is 8.82. The number of para-hydroxylation sites is 1. The van der Waals surface area contributed by atoms with Crippen molar-refractivity contribution in [2.24, 2.45) is 10.9 Å². The summed E-state index contributed by atoms with van der Waals surface area (Å²) in [5, 5.41) is 21.8. The van der Waals surface area contributed by atoms with E-state index in [2.05, 4.69) is 5.16 Å². The number of methoxy groups -OCH3 is 1. The highest BCUT2D eigenvalue weighted by Gasteiger charge is 2.20. The van der Waals surface area contributed by atoms with E-state index in [1.807, 2.05) is 6.07 Å². The molecule has 0 aliphatic rings. The smallest absolute Gasteiger partial charge is 0.170 e. The van der Waals surface area contributed by atoms with Gasteiger partial charge in [-0.15, -0.1) is 0 Å². The van der Waals surface area contributed by atoms with Gasteiger partial charge in [-0.2, -0.15) is 0 Å². The van der Waals surface area contributed by atoms with Crippen LogP contribution in [0.25, 0.3) is 22.3 Å². The highest BCUT2D eigenvalue weighted by atomic mass is 19.1. The third-order valence-corrected chi connectivity index (χ3v) is 4.07. The van der Waals surface area contributed by atoms with Crippen LogP contribution in [-0.2, 0) is 0 Å². The summed E-state index contributed by atoms with van der Waals surface area (Å²) in [7, 11) is 1.38. The minimum absolute atomic E-state index is 0.0609. The van der Waals surface area contributed by atoms with Gasteiger partial charge < -0.3 is 20.8 Å². The van der Waals surface area contributed by atoms with Crippen LogP contribution >= 0.6 is 0 Å². The molecule has 0 aliphatic heterocycles. The van der Waals surface area contributed by atoms with E-state index < -0.39 is 5.82 Å². The molecule has 0 saturated carbocycles. The first kappa shape index (κ1) is 17.3. The minimum atomic E-state index is -0.518. The summed E-state index contributed by atoms with van der Waals surface area (Å²) in [6.45, 7) is 0. The molecule has 3 rings (SSSR count). The second-order valence-corrected chi connectivity index (χ2v) is 5.58. The number of nitrogens with two attached hydrogens (primary N) is 1.